The van der Waals surface area contributed by atoms with E-state index in [-0.39, 0.29) is 0 Å². The zero-order valence-electron chi connectivity index (χ0n) is 13.9. The second-order valence-corrected chi connectivity index (χ2v) is 6.56. The van der Waals surface area contributed by atoms with Gasteiger partial charge in [0.05, 0.1) is 19.8 Å². The van der Waals surface area contributed by atoms with Gasteiger partial charge in [0.2, 0.25) is 11.7 Å². The highest BCUT2D eigenvalue weighted by atomic mass is 16.5. The van der Waals surface area contributed by atoms with Gasteiger partial charge in [-0.15, -0.1) is 0 Å². The molecule has 0 aliphatic carbocycles. The number of benzene rings is 1. The summed E-state index contributed by atoms with van der Waals surface area (Å²) in [6.45, 7) is 6.77. The maximum absolute atomic E-state index is 5.48. The summed E-state index contributed by atoms with van der Waals surface area (Å²) in [6.07, 6.45) is 2.49. The molecule has 0 bridgehead atoms. The van der Waals surface area contributed by atoms with E-state index in [1.54, 1.807) is 0 Å². The van der Waals surface area contributed by atoms with Gasteiger partial charge in [0.1, 0.15) is 0 Å². The highest BCUT2D eigenvalue weighted by Crippen LogP contribution is 2.22. The summed E-state index contributed by atoms with van der Waals surface area (Å²) in [4.78, 5) is 9.57. The molecule has 4 rings (SSSR count). The Kier molecular flexibility index (Phi) is 4.87. The SMILES string of the molecule is c1ccc(-c2noc(CN3CCCC3CN3CCOCC3)n2)cc1. The minimum Gasteiger partial charge on any atom is -0.379 e. The number of likely N-dealkylation sites (tertiary alicyclic amines) is 1. The van der Waals surface area contributed by atoms with E-state index in [2.05, 4.69) is 19.9 Å². The smallest absolute Gasteiger partial charge is 0.241 e. The van der Waals surface area contributed by atoms with Crippen molar-refractivity contribution >= 4 is 0 Å². The normalized spacial score (nSPS) is 22.9. The molecule has 128 valence electrons. The van der Waals surface area contributed by atoms with Crippen molar-refractivity contribution in [3.63, 3.8) is 0 Å². The van der Waals surface area contributed by atoms with Gasteiger partial charge in [0.25, 0.3) is 0 Å². The predicted molar refractivity (Wildman–Crippen MR) is 90.4 cm³/mol. The Bertz CT molecular complexity index is 639. The monoisotopic (exact) mass is 328 g/mol. The van der Waals surface area contributed by atoms with Gasteiger partial charge in [-0.2, -0.15) is 4.98 Å². The van der Waals surface area contributed by atoms with Crippen LogP contribution in [0.1, 0.15) is 18.7 Å². The maximum Gasteiger partial charge on any atom is 0.241 e. The first kappa shape index (κ1) is 15.7. The average Bonchev–Trinajstić information content (AvgIpc) is 3.27. The summed E-state index contributed by atoms with van der Waals surface area (Å²) in [5, 5.41) is 4.13. The Labute approximate surface area is 142 Å². The molecule has 2 aromatic rings. The third kappa shape index (κ3) is 3.66. The van der Waals surface area contributed by atoms with Crippen LogP contribution in [0.3, 0.4) is 0 Å². The second-order valence-electron chi connectivity index (χ2n) is 6.56. The molecule has 2 aliphatic rings. The van der Waals surface area contributed by atoms with Gasteiger partial charge in [0.15, 0.2) is 0 Å². The lowest BCUT2D eigenvalue weighted by molar-refractivity contribution is 0.0254. The number of nitrogens with zero attached hydrogens (tertiary/aromatic N) is 4. The highest BCUT2D eigenvalue weighted by molar-refractivity contribution is 5.53. The van der Waals surface area contributed by atoms with Gasteiger partial charge >= 0.3 is 0 Å². The fraction of sp³-hybridized carbons (Fsp3) is 0.556. The van der Waals surface area contributed by atoms with Gasteiger partial charge in [-0.05, 0) is 19.4 Å². The molecule has 24 heavy (non-hydrogen) atoms. The van der Waals surface area contributed by atoms with E-state index in [1.807, 2.05) is 30.3 Å². The molecule has 0 radical (unpaired) electrons. The fourth-order valence-electron chi connectivity index (χ4n) is 3.59. The van der Waals surface area contributed by atoms with Crippen LogP contribution >= 0.6 is 0 Å². The molecule has 1 atom stereocenters. The first-order chi connectivity index (χ1) is 11.9. The van der Waals surface area contributed by atoms with Crippen molar-refractivity contribution < 1.29 is 9.26 Å². The summed E-state index contributed by atoms with van der Waals surface area (Å²) in [7, 11) is 0. The lowest BCUT2D eigenvalue weighted by Crippen LogP contribution is -2.44. The molecular formula is C18H24N4O2. The molecule has 0 spiro atoms. The number of hydrogen-bond donors (Lipinski definition) is 0. The lowest BCUT2D eigenvalue weighted by Gasteiger charge is -2.32. The van der Waals surface area contributed by atoms with E-state index < -0.39 is 0 Å². The molecule has 0 N–H and O–H groups in total. The van der Waals surface area contributed by atoms with E-state index in [4.69, 9.17) is 9.26 Å². The molecule has 2 fully saturated rings. The molecule has 1 aromatic heterocycles. The number of rotatable bonds is 5. The third-order valence-corrected chi connectivity index (χ3v) is 4.91. The topological polar surface area (TPSA) is 54.6 Å². The second kappa shape index (κ2) is 7.42. The largest absolute Gasteiger partial charge is 0.379 e. The minimum atomic E-state index is 0.579. The molecule has 2 aliphatic heterocycles. The van der Waals surface area contributed by atoms with Crippen molar-refractivity contribution in [2.24, 2.45) is 0 Å². The summed E-state index contributed by atoms with van der Waals surface area (Å²) in [5.74, 6) is 1.39. The number of morpholine rings is 1. The maximum atomic E-state index is 5.48. The first-order valence-electron chi connectivity index (χ1n) is 8.80. The Morgan fingerprint density at radius 2 is 1.92 bits per heavy atom. The number of ether oxygens (including phenoxy) is 1. The summed E-state index contributed by atoms with van der Waals surface area (Å²) >= 11 is 0. The molecule has 6 nitrogen and oxygen atoms in total. The summed E-state index contributed by atoms with van der Waals surface area (Å²) in [6, 6.07) is 10.6. The van der Waals surface area contributed by atoms with Crippen molar-refractivity contribution in [2.45, 2.75) is 25.4 Å². The van der Waals surface area contributed by atoms with Crippen LogP contribution in [0.15, 0.2) is 34.9 Å². The van der Waals surface area contributed by atoms with Crippen LogP contribution in [-0.2, 0) is 11.3 Å². The van der Waals surface area contributed by atoms with Gasteiger partial charge in [-0.3, -0.25) is 9.80 Å². The quantitative estimate of drug-likeness (QED) is 0.837. The van der Waals surface area contributed by atoms with Crippen molar-refractivity contribution in [3.8, 4) is 11.4 Å². The lowest BCUT2D eigenvalue weighted by atomic mass is 10.2. The van der Waals surface area contributed by atoms with Crippen LogP contribution in [-0.4, -0.2) is 65.4 Å². The van der Waals surface area contributed by atoms with E-state index in [0.29, 0.717) is 17.8 Å². The Hall–Kier alpha value is -1.76. The van der Waals surface area contributed by atoms with Crippen molar-refractivity contribution in [3.05, 3.63) is 36.2 Å². The minimum absolute atomic E-state index is 0.579. The van der Waals surface area contributed by atoms with Gasteiger partial charge in [-0.1, -0.05) is 35.5 Å². The Morgan fingerprint density at radius 3 is 2.75 bits per heavy atom. The van der Waals surface area contributed by atoms with Crippen LogP contribution < -0.4 is 0 Å². The standard InChI is InChI=1S/C18H24N4O2/c1-2-5-15(6-3-1)18-19-17(24-20-18)14-22-8-4-7-16(22)13-21-9-11-23-12-10-21/h1-3,5-6,16H,4,7-14H2. The average molecular weight is 328 g/mol. The number of aromatic nitrogens is 2. The van der Waals surface area contributed by atoms with Gasteiger partial charge < -0.3 is 9.26 Å². The zero-order chi connectivity index (χ0) is 16.2. The Balaban J connectivity index is 1.38. The third-order valence-electron chi connectivity index (χ3n) is 4.91. The molecule has 6 heteroatoms. The van der Waals surface area contributed by atoms with E-state index in [9.17, 15) is 0 Å². The molecule has 3 heterocycles. The molecule has 1 unspecified atom stereocenters. The fourth-order valence-corrected chi connectivity index (χ4v) is 3.59. The van der Waals surface area contributed by atoms with Crippen LogP contribution in [0.2, 0.25) is 0 Å². The molecule has 0 amide bonds. The molecule has 0 saturated carbocycles. The summed E-state index contributed by atoms with van der Waals surface area (Å²) in [5.41, 5.74) is 0.999. The van der Waals surface area contributed by atoms with Gasteiger partial charge in [-0.25, -0.2) is 0 Å². The summed E-state index contributed by atoms with van der Waals surface area (Å²) < 4.78 is 10.9. The highest BCUT2D eigenvalue weighted by Gasteiger charge is 2.28. The van der Waals surface area contributed by atoms with Crippen molar-refractivity contribution in [2.75, 3.05) is 39.4 Å². The first-order valence-corrected chi connectivity index (χ1v) is 8.80. The zero-order valence-corrected chi connectivity index (χ0v) is 13.9. The molecule has 2 saturated heterocycles. The van der Waals surface area contributed by atoms with E-state index >= 15 is 0 Å². The van der Waals surface area contributed by atoms with E-state index in [1.165, 1.54) is 12.8 Å². The van der Waals surface area contributed by atoms with E-state index in [0.717, 1.165) is 51.5 Å². The predicted octanol–water partition coefficient (Wildman–Crippen LogP) is 2.03. The van der Waals surface area contributed by atoms with Crippen molar-refractivity contribution in [1.82, 2.24) is 19.9 Å². The van der Waals surface area contributed by atoms with Crippen LogP contribution in [0.4, 0.5) is 0 Å². The van der Waals surface area contributed by atoms with Crippen molar-refractivity contribution in [1.29, 1.82) is 0 Å². The Morgan fingerprint density at radius 1 is 1.08 bits per heavy atom. The van der Waals surface area contributed by atoms with Crippen LogP contribution in [0, 0.1) is 0 Å². The van der Waals surface area contributed by atoms with Crippen LogP contribution in [0.5, 0.6) is 0 Å². The van der Waals surface area contributed by atoms with Gasteiger partial charge in [0, 0.05) is 31.2 Å². The molecular weight excluding hydrogens is 304 g/mol. The number of hydrogen-bond acceptors (Lipinski definition) is 6. The van der Waals surface area contributed by atoms with Crippen LogP contribution in [0.25, 0.3) is 11.4 Å². The molecule has 1 aromatic carbocycles.